The van der Waals surface area contributed by atoms with Crippen LogP contribution in [0.4, 0.5) is 5.13 Å². The summed E-state index contributed by atoms with van der Waals surface area (Å²) in [4.78, 5) is 13.1. The first-order valence-electron chi connectivity index (χ1n) is 11.0. The van der Waals surface area contributed by atoms with Crippen molar-refractivity contribution < 1.29 is 13.9 Å². The molecule has 33 heavy (non-hydrogen) atoms. The van der Waals surface area contributed by atoms with E-state index in [0.29, 0.717) is 6.42 Å². The molecule has 2 atom stereocenters. The maximum Gasteiger partial charge on any atom is 0.253 e. The summed E-state index contributed by atoms with van der Waals surface area (Å²) in [6, 6.07) is 11.7. The molecule has 0 spiro atoms. The van der Waals surface area contributed by atoms with Gasteiger partial charge in [0.05, 0.1) is 23.8 Å². The Morgan fingerprint density at radius 2 is 2.15 bits per heavy atom. The van der Waals surface area contributed by atoms with Gasteiger partial charge in [-0.1, -0.05) is 52.9 Å². The molecule has 2 aliphatic rings. The minimum absolute atomic E-state index is 0.0902. The monoisotopic (exact) mass is 483 g/mol. The number of carbonyl (C=O) groups is 1. The molecule has 1 aromatic carbocycles. The summed E-state index contributed by atoms with van der Waals surface area (Å²) in [6.45, 7) is 3.61. The molecule has 5 rings (SSSR count). The molecule has 3 aromatic rings. The van der Waals surface area contributed by atoms with E-state index in [1.165, 1.54) is 28.7 Å². The minimum Gasteiger partial charge on any atom is -0.467 e. The normalized spacial score (nSPS) is 20.3. The first-order chi connectivity index (χ1) is 16.2. The van der Waals surface area contributed by atoms with Crippen LogP contribution in [0.1, 0.15) is 42.2 Å². The molecule has 1 fully saturated rings. The number of hydrazone groups is 1. The zero-order valence-electron chi connectivity index (χ0n) is 18.3. The SMILES string of the molecule is Cc1ccc(C2=NN(C(=O)CSc3nnc(NC[C@@H]4CCCO4)s3)[C@H](c3ccco3)C2)cc1. The Balaban J connectivity index is 1.23. The molecular formula is C23H25N5O3S2. The van der Waals surface area contributed by atoms with Gasteiger partial charge in [-0.3, -0.25) is 4.79 Å². The van der Waals surface area contributed by atoms with E-state index < -0.39 is 0 Å². The molecule has 10 heteroatoms. The highest BCUT2D eigenvalue weighted by Crippen LogP contribution is 2.34. The summed E-state index contributed by atoms with van der Waals surface area (Å²) in [6.07, 6.45) is 4.65. The molecule has 0 radical (unpaired) electrons. The maximum atomic E-state index is 13.1. The largest absolute Gasteiger partial charge is 0.467 e. The Bertz CT molecular complexity index is 1110. The highest BCUT2D eigenvalue weighted by molar-refractivity contribution is 8.01. The highest BCUT2D eigenvalue weighted by atomic mass is 32.2. The van der Waals surface area contributed by atoms with E-state index in [0.717, 1.165) is 52.5 Å². The molecular weight excluding hydrogens is 458 g/mol. The topological polar surface area (TPSA) is 92.9 Å². The molecule has 1 N–H and O–H groups in total. The summed E-state index contributed by atoms with van der Waals surface area (Å²) in [5, 5.41) is 18.6. The molecule has 1 amide bonds. The van der Waals surface area contributed by atoms with Gasteiger partial charge in [-0.15, -0.1) is 10.2 Å². The van der Waals surface area contributed by atoms with Crippen molar-refractivity contribution in [3.63, 3.8) is 0 Å². The van der Waals surface area contributed by atoms with Crippen LogP contribution in [0.2, 0.25) is 0 Å². The molecule has 172 valence electrons. The first kappa shape index (κ1) is 22.1. The van der Waals surface area contributed by atoms with Crippen molar-refractivity contribution in [3.05, 3.63) is 59.5 Å². The summed E-state index contributed by atoms with van der Waals surface area (Å²) >= 11 is 2.82. The quantitative estimate of drug-likeness (QED) is 0.472. The smallest absolute Gasteiger partial charge is 0.253 e. The fraction of sp³-hybridized carbons (Fsp3) is 0.391. The maximum absolute atomic E-state index is 13.1. The van der Waals surface area contributed by atoms with Crippen LogP contribution in [0.25, 0.3) is 0 Å². The van der Waals surface area contributed by atoms with Crippen LogP contribution in [0, 0.1) is 6.92 Å². The lowest BCUT2D eigenvalue weighted by Gasteiger charge is -2.19. The van der Waals surface area contributed by atoms with E-state index in [1.54, 1.807) is 11.3 Å². The van der Waals surface area contributed by atoms with Crippen molar-refractivity contribution in [1.29, 1.82) is 0 Å². The van der Waals surface area contributed by atoms with Gasteiger partial charge in [-0.2, -0.15) is 5.10 Å². The zero-order chi connectivity index (χ0) is 22.6. The van der Waals surface area contributed by atoms with Gasteiger partial charge in [0.1, 0.15) is 11.8 Å². The van der Waals surface area contributed by atoms with Crippen LogP contribution < -0.4 is 5.32 Å². The standard InChI is InChI=1S/C23H25N5O3S2/c1-15-6-8-16(9-7-15)18-12-19(20-5-3-11-31-20)28(27-18)21(29)14-32-23-26-25-22(33-23)24-13-17-4-2-10-30-17/h3,5-9,11,17,19H,2,4,10,12-14H2,1H3,(H,24,25)/t17-,19-/m0/s1. The first-order valence-corrected chi connectivity index (χ1v) is 12.8. The number of hydrogen-bond acceptors (Lipinski definition) is 9. The summed E-state index contributed by atoms with van der Waals surface area (Å²) in [5.41, 5.74) is 3.09. The number of benzene rings is 1. The second kappa shape index (κ2) is 10.1. The molecule has 0 unspecified atom stereocenters. The number of aromatic nitrogens is 2. The van der Waals surface area contributed by atoms with Crippen LogP contribution in [0.15, 0.2) is 56.5 Å². The van der Waals surface area contributed by atoms with Gasteiger partial charge in [-0.05, 0) is 37.5 Å². The lowest BCUT2D eigenvalue weighted by molar-refractivity contribution is -0.130. The van der Waals surface area contributed by atoms with Gasteiger partial charge in [0.15, 0.2) is 4.34 Å². The van der Waals surface area contributed by atoms with Gasteiger partial charge < -0.3 is 14.5 Å². The van der Waals surface area contributed by atoms with Gasteiger partial charge in [0.2, 0.25) is 5.13 Å². The number of rotatable bonds is 8. The number of aryl methyl sites for hydroxylation is 1. The van der Waals surface area contributed by atoms with E-state index in [9.17, 15) is 4.79 Å². The Hall–Kier alpha value is -2.69. The average Bonchev–Trinajstić information content (AvgIpc) is 3.62. The van der Waals surface area contributed by atoms with Gasteiger partial charge in [-0.25, -0.2) is 5.01 Å². The predicted molar refractivity (Wildman–Crippen MR) is 129 cm³/mol. The van der Waals surface area contributed by atoms with Crippen LogP contribution >= 0.6 is 23.1 Å². The van der Waals surface area contributed by atoms with E-state index in [2.05, 4.69) is 39.7 Å². The van der Waals surface area contributed by atoms with Crippen molar-refractivity contribution in [2.24, 2.45) is 5.10 Å². The van der Waals surface area contributed by atoms with Crippen LogP contribution in [0.5, 0.6) is 0 Å². The fourth-order valence-corrected chi connectivity index (χ4v) is 5.51. The van der Waals surface area contributed by atoms with Gasteiger partial charge in [0, 0.05) is 19.6 Å². The molecule has 0 bridgehead atoms. The number of hydrogen-bond donors (Lipinski definition) is 1. The second-order valence-electron chi connectivity index (χ2n) is 8.06. The molecule has 0 saturated carbocycles. The van der Waals surface area contributed by atoms with Crippen molar-refractivity contribution in [1.82, 2.24) is 15.2 Å². The zero-order valence-corrected chi connectivity index (χ0v) is 19.9. The third-order valence-electron chi connectivity index (χ3n) is 5.65. The number of thioether (sulfide) groups is 1. The van der Waals surface area contributed by atoms with E-state index >= 15 is 0 Å². The van der Waals surface area contributed by atoms with Crippen molar-refractivity contribution >= 4 is 39.8 Å². The number of nitrogens with one attached hydrogen (secondary N) is 1. The van der Waals surface area contributed by atoms with Crippen molar-refractivity contribution in [2.45, 2.75) is 42.7 Å². The van der Waals surface area contributed by atoms with E-state index in [4.69, 9.17) is 9.15 Å². The molecule has 2 aliphatic heterocycles. The van der Waals surface area contributed by atoms with Gasteiger partial charge >= 0.3 is 0 Å². The Labute approximate surface area is 200 Å². The van der Waals surface area contributed by atoms with Gasteiger partial charge in [0.25, 0.3) is 5.91 Å². The van der Waals surface area contributed by atoms with Crippen LogP contribution in [0.3, 0.4) is 0 Å². The number of ether oxygens (including phenoxy) is 1. The van der Waals surface area contributed by atoms with E-state index in [-0.39, 0.29) is 23.8 Å². The Morgan fingerprint density at radius 3 is 2.91 bits per heavy atom. The van der Waals surface area contributed by atoms with Crippen molar-refractivity contribution in [3.8, 4) is 0 Å². The number of carbonyl (C=O) groups excluding carboxylic acids is 1. The third kappa shape index (κ3) is 5.29. The van der Waals surface area contributed by atoms with Crippen LogP contribution in [-0.2, 0) is 9.53 Å². The van der Waals surface area contributed by atoms with Crippen LogP contribution in [-0.4, -0.2) is 51.8 Å². The fourth-order valence-electron chi connectivity index (χ4n) is 3.90. The number of nitrogens with zero attached hydrogens (tertiary/aromatic N) is 4. The van der Waals surface area contributed by atoms with E-state index in [1.807, 2.05) is 24.3 Å². The summed E-state index contributed by atoms with van der Waals surface area (Å²) in [5.74, 6) is 0.866. The molecule has 8 nitrogen and oxygen atoms in total. The number of anilines is 1. The average molecular weight is 484 g/mol. The molecule has 4 heterocycles. The third-order valence-corrected chi connectivity index (χ3v) is 7.65. The molecule has 2 aromatic heterocycles. The Morgan fingerprint density at radius 1 is 1.27 bits per heavy atom. The number of amides is 1. The summed E-state index contributed by atoms with van der Waals surface area (Å²) in [7, 11) is 0. The highest BCUT2D eigenvalue weighted by Gasteiger charge is 2.34. The van der Waals surface area contributed by atoms with Crippen molar-refractivity contribution in [2.75, 3.05) is 24.2 Å². The lowest BCUT2D eigenvalue weighted by atomic mass is 10.0. The Kier molecular flexibility index (Phi) is 6.75. The summed E-state index contributed by atoms with van der Waals surface area (Å²) < 4.78 is 12.0. The number of furan rings is 1. The minimum atomic E-state index is -0.248. The lowest BCUT2D eigenvalue weighted by Crippen LogP contribution is -2.28. The molecule has 1 saturated heterocycles. The predicted octanol–water partition coefficient (Wildman–Crippen LogP) is 4.50. The molecule has 0 aliphatic carbocycles. The second-order valence-corrected chi connectivity index (χ2v) is 10.3.